The van der Waals surface area contributed by atoms with E-state index in [-0.39, 0.29) is 0 Å². The number of nitrogens with zero attached hydrogens (tertiary/aromatic N) is 3. The Morgan fingerprint density at radius 1 is 0.789 bits per heavy atom. The SMILES string of the molecule is Cc1ccc(Nc2nnc3cc(C)ccc3n2)cc1. The van der Waals surface area contributed by atoms with Gasteiger partial charge in [0.1, 0.15) is 5.52 Å². The van der Waals surface area contributed by atoms with Crippen LogP contribution in [-0.4, -0.2) is 15.2 Å². The molecule has 0 amide bonds. The number of rotatable bonds is 2. The van der Waals surface area contributed by atoms with Crippen molar-refractivity contribution in [2.45, 2.75) is 13.8 Å². The van der Waals surface area contributed by atoms with E-state index >= 15 is 0 Å². The second-order valence-electron chi connectivity index (χ2n) is 4.62. The normalized spacial score (nSPS) is 10.6. The largest absolute Gasteiger partial charge is 0.323 e. The lowest BCUT2D eigenvalue weighted by molar-refractivity contribution is 1.03. The highest BCUT2D eigenvalue weighted by molar-refractivity contribution is 5.75. The highest BCUT2D eigenvalue weighted by Crippen LogP contribution is 2.16. The first kappa shape index (κ1) is 11.6. The maximum absolute atomic E-state index is 4.45. The van der Waals surface area contributed by atoms with Gasteiger partial charge in [0.25, 0.3) is 0 Å². The molecule has 94 valence electrons. The number of hydrogen-bond acceptors (Lipinski definition) is 4. The summed E-state index contributed by atoms with van der Waals surface area (Å²) in [5, 5.41) is 11.4. The molecule has 0 aliphatic heterocycles. The third kappa shape index (κ3) is 2.52. The molecule has 0 radical (unpaired) electrons. The maximum Gasteiger partial charge on any atom is 0.247 e. The summed E-state index contributed by atoms with van der Waals surface area (Å²) < 4.78 is 0. The van der Waals surface area contributed by atoms with Crippen LogP contribution in [0.4, 0.5) is 11.6 Å². The summed E-state index contributed by atoms with van der Waals surface area (Å²) in [5.74, 6) is 0.514. The smallest absolute Gasteiger partial charge is 0.247 e. The molecule has 0 fully saturated rings. The number of nitrogens with one attached hydrogen (secondary N) is 1. The van der Waals surface area contributed by atoms with Crippen LogP contribution in [0, 0.1) is 13.8 Å². The summed E-state index contributed by atoms with van der Waals surface area (Å²) in [6, 6.07) is 14.0. The zero-order chi connectivity index (χ0) is 13.2. The van der Waals surface area contributed by atoms with Crippen LogP contribution in [-0.2, 0) is 0 Å². The number of aromatic nitrogens is 3. The third-order valence-electron chi connectivity index (χ3n) is 2.92. The molecule has 0 aliphatic rings. The zero-order valence-electron chi connectivity index (χ0n) is 10.9. The second kappa shape index (κ2) is 4.65. The highest BCUT2D eigenvalue weighted by atomic mass is 15.2. The highest BCUT2D eigenvalue weighted by Gasteiger charge is 2.02. The van der Waals surface area contributed by atoms with Crippen LogP contribution in [0.2, 0.25) is 0 Å². The van der Waals surface area contributed by atoms with Crippen LogP contribution in [0.15, 0.2) is 42.5 Å². The minimum atomic E-state index is 0.514. The average molecular weight is 250 g/mol. The Morgan fingerprint density at radius 3 is 2.32 bits per heavy atom. The molecule has 0 bridgehead atoms. The first-order chi connectivity index (χ1) is 9.20. The summed E-state index contributed by atoms with van der Waals surface area (Å²) in [6.45, 7) is 4.08. The molecule has 1 aromatic heterocycles. The fraction of sp³-hybridized carbons (Fsp3) is 0.133. The van der Waals surface area contributed by atoms with Gasteiger partial charge in [-0.3, -0.25) is 0 Å². The molecule has 3 aromatic rings. The number of hydrogen-bond donors (Lipinski definition) is 1. The minimum Gasteiger partial charge on any atom is -0.323 e. The Morgan fingerprint density at radius 2 is 1.53 bits per heavy atom. The lowest BCUT2D eigenvalue weighted by atomic mass is 10.2. The van der Waals surface area contributed by atoms with Gasteiger partial charge in [-0.25, -0.2) is 4.98 Å². The van der Waals surface area contributed by atoms with E-state index in [0.717, 1.165) is 22.3 Å². The van der Waals surface area contributed by atoms with Gasteiger partial charge in [0, 0.05) is 5.69 Å². The van der Waals surface area contributed by atoms with Crippen LogP contribution in [0.3, 0.4) is 0 Å². The summed E-state index contributed by atoms with van der Waals surface area (Å²) in [5.41, 5.74) is 4.99. The molecule has 0 aliphatic carbocycles. The molecule has 3 rings (SSSR count). The molecular formula is C15H14N4. The predicted octanol–water partition coefficient (Wildman–Crippen LogP) is 3.39. The summed E-state index contributed by atoms with van der Waals surface area (Å²) >= 11 is 0. The van der Waals surface area contributed by atoms with Gasteiger partial charge in [-0.2, -0.15) is 0 Å². The molecule has 0 atom stereocenters. The van der Waals surface area contributed by atoms with Gasteiger partial charge in [-0.1, -0.05) is 23.8 Å². The monoisotopic (exact) mass is 250 g/mol. The molecule has 0 unspecified atom stereocenters. The van der Waals surface area contributed by atoms with Crippen molar-refractivity contribution in [2.75, 3.05) is 5.32 Å². The van der Waals surface area contributed by atoms with E-state index in [1.807, 2.05) is 49.4 Å². The Balaban J connectivity index is 1.93. The molecule has 1 N–H and O–H groups in total. The quantitative estimate of drug-likeness (QED) is 0.757. The Kier molecular flexibility index (Phi) is 2.83. The number of fused-ring (bicyclic) bond motifs is 1. The molecule has 0 spiro atoms. The molecule has 4 heteroatoms. The number of anilines is 2. The standard InChI is InChI=1S/C15H14N4/c1-10-3-6-12(7-4-10)16-15-17-13-8-5-11(2)9-14(13)18-19-15/h3-9H,1-2H3,(H,16,17,19). The van der Waals surface area contributed by atoms with Crippen molar-refractivity contribution in [3.63, 3.8) is 0 Å². The van der Waals surface area contributed by atoms with Crippen LogP contribution in [0.5, 0.6) is 0 Å². The molecule has 19 heavy (non-hydrogen) atoms. The third-order valence-corrected chi connectivity index (χ3v) is 2.92. The summed E-state index contributed by atoms with van der Waals surface area (Å²) in [4.78, 5) is 4.45. The Labute approximate surface area is 111 Å². The van der Waals surface area contributed by atoms with E-state index in [1.165, 1.54) is 5.56 Å². The van der Waals surface area contributed by atoms with E-state index in [9.17, 15) is 0 Å². The first-order valence-corrected chi connectivity index (χ1v) is 6.15. The Bertz CT molecular complexity index is 720. The van der Waals surface area contributed by atoms with E-state index in [2.05, 4.69) is 27.4 Å². The fourth-order valence-corrected chi connectivity index (χ4v) is 1.86. The van der Waals surface area contributed by atoms with Gasteiger partial charge in [0.2, 0.25) is 5.95 Å². The fourth-order valence-electron chi connectivity index (χ4n) is 1.86. The lowest BCUT2D eigenvalue weighted by Crippen LogP contribution is -1.99. The van der Waals surface area contributed by atoms with Crippen LogP contribution >= 0.6 is 0 Å². The molecule has 2 aromatic carbocycles. The average Bonchev–Trinajstić information content (AvgIpc) is 2.42. The van der Waals surface area contributed by atoms with Crippen molar-refractivity contribution in [1.29, 1.82) is 0 Å². The van der Waals surface area contributed by atoms with E-state index in [1.54, 1.807) is 0 Å². The van der Waals surface area contributed by atoms with Gasteiger partial charge in [-0.15, -0.1) is 10.2 Å². The van der Waals surface area contributed by atoms with Crippen LogP contribution in [0.25, 0.3) is 11.0 Å². The van der Waals surface area contributed by atoms with Crippen molar-refractivity contribution in [3.05, 3.63) is 53.6 Å². The van der Waals surface area contributed by atoms with Crippen LogP contribution < -0.4 is 5.32 Å². The topological polar surface area (TPSA) is 50.7 Å². The van der Waals surface area contributed by atoms with E-state index in [4.69, 9.17) is 0 Å². The van der Waals surface area contributed by atoms with Gasteiger partial charge >= 0.3 is 0 Å². The van der Waals surface area contributed by atoms with Crippen molar-refractivity contribution < 1.29 is 0 Å². The summed E-state index contributed by atoms with van der Waals surface area (Å²) in [6.07, 6.45) is 0. The molecular weight excluding hydrogens is 236 g/mol. The minimum absolute atomic E-state index is 0.514. The van der Waals surface area contributed by atoms with Gasteiger partial charge in [0.15, 0.2) is 0 Å². The van der Waals surface area contributed by atoms with Gasteiger partial charge < -0.3 is 5.32 Å². The second-order valence-corrected chi connectivity index (χ2v) is 4.62. The molecule has 4 nitrogen and oxygen atoms in total. The van der Waals surface area contributed by atoms with Gasteiger partial charge in [-0.05, 0) is 43.7 Å². The van der Waals surface area contributed by atoms with Crippen LogP contribution in [0.1, 0.15) is 11.1 Å². The maximum atomic E-state index is 4.45. The zero-order valence-corrected chi connectivity index (χ0v) is 10.9. The van der Waals surface area contributed by atoms with Gasteiger partial charge in [0.05, 0.1) is 5.52 Å². The lowest BCUT2D eigenvalue weighted by Gasteiger charge is -2.05. The summed E-state index contributed by atoms with van der Waals surface area (Å²) in [7, 11) is 0. The first-order valence-electron chi connectivity index (χ1n) is 6.15. The Hall–Kier alpha value is -2.49. The van der Waals surface area contributed by atoms with Crippen molar-refractivity contribution in [3.8, 4) is 0 Å². The molecule has 1 heterocycles. The molecule has 0 saturated heterocycles. The van der Waals surface area contributed by atoms with Crippen molar-refractivity contribution in [2.24, 2.45) is 0 Å². The number of benzene rings is 2. The van der Waals surface area contributed by atoms with Crippen molar-refractivity contribution >= 4 is 22.7 Å². The van der Waals surface area contributed by atoms with E-state index in [0.29, 0.717) is 5.95 Å². The predicted molar refractivity (Wildman–Crippen MR) is 76.5 cm³/mol. The molecule has 0 saturated carbocycles. The van der Waals surface area contributed by atoms with E-state index < -0.39 is 0 Å². The number of aryl methyl sites for hydroxylation is 2. The van der Waals surface area contributed by atoms with Crippen molar-refractivity contribution in [1.82, 2.24) is 15.2 Å².